The van der Waals surface area contributed by atoms with Crippen LogP contribution in [-0.2, 0) is 4.79 Å². The van der Waals surface area contributed by atoms with Crippen molar-refractivity contribution in [2.75, 3.05) is 66.5 Å². The average Bonchev–Trinajstić information content (AvgIpc) is 2.69. The van der Waals surface area contributed by atoms with Gasteiger partial charge in [0.2, 0.25) is 5.91 Å². The minimum absolute atomic E-state index is 0. The molecule has 164 valence electrons. The molecule has 8 heteroatoms. The topological polar surface area (TPSA) is 63.2 Å². The van der Waals surface area contributed by atoms with E-state index in [1.807, 2.05) is 0 Å². The zero-order chi connectivity index (χ0) is 19.6. The Kier molecular flexibility index (Phi) is 12.3. The summed E-state index contributed by atoms with van der Waals surface area (Å²) in [6, 6.07) is 0.533. The van der Waals surface area contributed by atoms with Gasteiger partial charge in [0.15, 0.2) is 5.96 Å². The van der Waals surface area contributed by atoms with Crippen LogP contribution < -0.4 is 10.6 Å². The Morgan fingerprint density at radius 1 is 1.18 bits per heavy atom. The molecule has 3 saturated heterocycles. The van der Waals surface area contributed by atoms with Crippen molar-refractivity contribution in [3.63, 3.8) is 0 Å². The van der Waals surface area contributed by atoms with Crippen LogP contribution in [0, 0.1) is 5.92 Å². The number of piperazine rings is 3. The number of nitrogens with zero attached hydrogens (tertiary/aromatic N) is 4. The quantitative estimate of drug-likeness (QED) is 0.266. The van der Waals surface area contributed by atoms with Gasteiger partial charge in [-0.25, -0.2) is 4.99 Å². The molecule has 0 aromatic carbocycles. The third-order valence-electron chi connectivity index (χ3n) is 5.87. The fraction of sp³-hybridized carbons (Fsp3) is 0.900. The summed E-state index contributed by atoms with van der Waals surface area (Å²) >= 11 is 0. The number of unbranched alkanes of at least 4 members (excludes halogenated alkanes) is 1. The van der Waals surface area contributed by atoms with E-state index in [-0.39, 0.29) is 36.4 Å². The number of carbonyl (C=O) groups excluding carboxylic acids is 1. The fourth-order valence-electron chi connectivity index (χ4n) is 3.78. The van der Waals surface area contributed by atoms with E-state index >= 15 is 0 Å². The lowest BCUT2D eigenvalue weighted by atomic mass is 9.99. The molecule has 1 amide bonds. The molecule has 3 aliphatic heterocycles. The maximum Gasteiger partial charge on any atom is 0.243 e. The Balaban J connectivity index is 0.00000392. The highest BCUT2D eigenvalue weighted by Gasteiger charge is 2.31. The maximum atomic E-state index is 11.9. The average molecular weight is 508 g/mol. The van der Waals surface area contributed by atoms with Crippen molar-refractivity contribution in [2.24, 2.45) is 10.9 Å². The van der Waals surface area contributed by atoms with Crippen LogP contribution in [0.4, 0.5) is 0 Å². The first kappa shape index (κ1) is 25.4. The first-order valence-corrected chi connectivity index (χ1v) is 10.7. The molecule has 2 unspecified atom stereocenters. The van der Waals surface area contributed by atoms with Gasteiger partial charge in [-0.2, -0.15) is 0 Å². The van der Waals surface area contributed by atoms with Crippen LogP contribution in [-0.4, -0.2) is 99.1 Å². The largest absolute Gasteiger partial charge is 0.356 e. The van der Waals surface area contributed by atoms with Crippen LogP contribution >= 0.6 is 24.0 Å². The Morgan fingerprint density at radius 3 is 2.43 bits per heavy atom. The van der Waals surface area contributed by atoms with Gasteiger partial charge >= 0.3 is 0 Å². The number of guanidine groups is 1. The second-order valence-electron chi connectivity index (χ2n) is 8.12. The third-order valence-corrected chi connectivity index (χ3v) is 5.87. The number of hydrogen-bond donors (Lipinski definition) is 2. The monoisotopic (exact) mass is 508 g/mol. The second kappa shape index (κ2) is 13.6. The molecule has 2 N–H and O–H groups in total. The van der Waals surface area contributed by atoms with E-state index in [2.05, 4.69) is 39.3 Å². The molecule has 0 aromatic heterocycles. The van der Waals surface area contributed by atoms with Gasteiger partial charge < -0.3 is 15.5 Å². The lowest BCUT2D eigenvalue weighted by Crippen LogP contribution is -2.64. The Hall–Kier alpha value is -0.610. The van der Waals surface area contributed by atoms with Crippen molar-refractivity contribution in [1.29, 1.82) is 0 Å². The van der Waals surface area contributed by atoms with Crippen LogP contribution in [0.25, 0.3) is 0 Å². The molecule has 0 aliphatic carbocycles. The zero-order valence-electron chi connectivity index (χ0n) is 18.2. The van der Waals surface area contributed by atoms with E-state index in [1.165, 1.54) is 51.9 Å². The molecular weight excluding hydrogens is 467 g/mol. The number of rotatable bonds is 10. The van der Waals surface area contributed by atoms with E-state index in [0.29, 0.717) is 12.0 Å². The lowest BCUT2D eigenvalue weighted by Gasteiger charge is -2.47. The Labute approximate surface area is 188 Å². The second-order valence-corrected chi connectivity index (χ2v) is 8.12. The third kappa shape index (κ3) is 8.41. The van der Waals surface area contributed by atoms with Crippen LogP contribution in [0.1, 0.15) is 39.5 Å². The summed E-state index contributed by atoms with van der Waals surface area (Å²) in [5.74, 6) is 1.46. The molecule has 3 heterocycles. The number of nitrogens with one attached hydrogen (secondary N) is 2. The van der Waals surface area contributed by atoms with Gasteiger partial charge in [0.25, 0.3) is 0 Å². The number of carbonyl (C=O) groups is 1. The van der Waals surface area contributed by atoms with Gasteiger partial charge in [0.05, 0.1) is 0 Å². The molecule has 0 saturated carbocycles. The first-order chi connectivity index (χ1) is 13.0. The summed E-state index contributed by atoms with van der Waals surface area (Å²) < 4.78 is 0. The molecule has 28 heavy (non-hydrogen) atoms. The summed E-state index contributed by atoms with van der Waals surface area (Å²) in [4.78, 5) is 23.2. The molecule has 3 fully saturated rings. The Morgan fingerprint density at radius 2 is 1.89 bits per heavy atom. The van der Waals surface area contributed by atoms with Crippen LogP contribution in [0.3, 0.4) is 0 Å². The first-order valence-electron chi connectivity index (χ1n) is 10.7. The highest BCUT2D eigenvalue weighted by molar-refractivity contribution is 14.0. The van der Waals surface area contributed by atoms with E-state index in [1.54, 1.807) is 19.0 Å². The number of fused-ring (bicyclic) bond motifs is 3. The number of hydrogen-bond acceptors (Lipinski definition) is 4. The molecule has 2 bridgehead atoms. The zero-order valence-corrected chi connectivity index (χ0v) is 20.6. The van der Waals surface area contributed by atoms with E-state index in [4.69, 9.17) is 0 Å². The normalized spacial score (nSPS) is 25.0. The lowest BCUT2D eigenvalue weighted by molar-refractivity contribution is -0.127. The summed E-state index contributed by atoms with van der Waals surface area (Å²) in [6.07, 6.45) is 4.92. The van der Waals surface area contributed by atoms with Gasteiger partial charge in [0.1, 0.15) is 6.54 Å². The van der Waals surface area contributed by atoms with Gasteiger partial charge in [-0.05, 0) is 12.3 Å². The van der Waals surface area contributed by atoms with Gasteiger partial charge in [-0.15, -0.1) is 24.0 Å². The molecule has 0 radical (unpaired) electrons. The van der Waals surface area contributed by atoms with Crippen molar-refractivity contribution in [1.82, 2.24) is 25.3 Å². The molecular formula is C20H41IN6O. The summed E-state index contributed by atoms with van der Waals surface area (Å²) in [6.45, 7) is 12.3. The maximum absolute atomic E-state index is 11.9. The molecule has 3 aliphatic rings. The highest BCUT2D eigenvalue weighted by atomic mass is 127. The van der Waals surface area contributed by atoms with E-state index in [0.717, 1.165) is 25.6 Å². The predicted octanol–water partition coefficient (Wildman–Crippen LogP) is 1.44. The van der Waals surface area contributed by atoms with Crippen molar-refractivity contribution in [3.05, 3.63) is 0 Å². The molecule has 7 nitrogen and oxygen atoms in total. The van der Waals surface area contributed by atoms with Crippen LogP contribution in [0.5, 0.6) is 0 Å². The van der Waals surface area contributed by atoms with E-state index in [9.17, 15) is 4.79 Å². The van der Waals surface area contributed by atoms with Crippen molar-refractivity contribution >= 4 is 35.8 Å². The summed E-state index contributed by atoms with van der Waals surface area (Å²) in [7, 11) is 3.55. The number of halogens is 1. The van der Waals surface area contributed by atoms with Gasteiger partial charge in [0, 0.05) is 66.0 Å². The molecule has 2 atom stereocenters. The number of aliphatic imine (C=N–C) groups is 1. The number of likely N-dealkylation sites (N-methyl/N-ethyl adjacent to an activating group) is 1. The molecule has 0 aromatic rings. The minimum atomic E-state index is 0. The highest BCUT2D eigenvalue weighted by Crippen LogP contribution is 2.15. The molecule has 3 rings (SSSR count). The summed E-state index contributed by atoms with van der Waals surface area (Å²) in [5, 5.41) is 7.00. The predicted molar refractivity (Wildman–Crippen MR) is 128 cm³/mol. The SMILES string of the molecule is CCCCC(CC)CNC(=NCC(=O)N(C)C)NCC1CN2CCN1CC2.I. The van der Waals surface area contributed by atoms with Crippen LogP contribution in [0.15, 0.2) is 4.99 Å². The number of amides is 1. The summed E-state index contributed by atoms with van der Waals surface area (Å²) in [5.41, 5.74) is 0. The smallest absolute Gasteiger partial charge is 0.243 e. The van der Waals surface area contributed by atoms with Crippen molar-refractivity contribution < 1.29 is 4.79 Å². The minimum Gasteiger partial charge on any atom is -0.356 e. The van der Waals surface area contributed by atoms with Crippen molar-refractivity contribution in [2.45, 2.75) is 45.6 Å². The van der Waals surface area contributed by atoms with E-state index < -0.39 is 0 Å². The van der Waals surface area contributed by atoms with Gasteiger partial charge in [-0.1, -0.05) is 33.1 Å². The van der Waals surface area contributed by atoms with Crippen molar-refractivity contribution in [3.8, 4) is 0 Å². The van der Waals surface area contributed by atoms with Crippen LogP contribution in [0.2, 0.25) is 0 Å². The standard InChI is InChI=1S/C20H40N6O.HI/c1-5-7-8-17(6-2)13-21-20(23-15-19(27)24(3)4)22-14-18-16-25-9-11-26(18)12-10-25;/h17-18H,5-16H2,1-4H3,(H2,21,22,23);1H. The Bertz CT molecular complexity index is 479. The molecule has 0 spiro atoms. The van der Waals surface area contributed by atoms with Gasteiger partial charge in [-0.3, -0.25) is 14.6 Å². The fourth-order valence-corrected chi connectivity index (χ4v) is 3.78.